The molecule has 0 bridgehead atoms. The molecular weight excluding hydrogens is 204 g/mol. The highest BCUT2D eigenvalue weighted by Gasteiger charge is 2.29. The van der Waals surface area contributed by atoms with Crippen LogP contribution in [0.5, 0.6) is 0 Å². The van der Waals surface area contributed by atoms with E-state index in [1.165, 1.54) is 0 Å². The average Bonchev–Trinajstić information content (AvgIpc) is 2.56. The van der Waals surface area contributed by atoms with Crippen molar-refractivity contribution in [3.05, 3.63) is 35.6 Å². The van der Waals surface area contributed by atoms with E-state index in [0.29, 0.717) is 0 Å². The van der Waals surface area contributed by atoms with Gasteiger partial charge in [-0.25, -0.2) is 0 Å². The first kappa shape index (κ1) is 10.7. The second-order valence-electron chi connectivity index (χ2n) is 4.54. The van der Waals surface area contributed by atoms with Crippen LogP contribution in [-0.2, 0) is 10.2 Å². The summed E-state index contributed by atoms with van der Waals surface area (Å²) in [6, 6.07) is 7.42. The second kappa shape index (κ2) is 3.37. The molecular formula is C13H14O3. The Morgan fingerprint density at radius 2 is 2.00 bits per heavy atom. The molecule has 0 unspecified atom stereocenters. The molecule has 1 aromatic carbocycles. The van der Waals surface area contributed by atoms with Gasteiger partial charge in [-0.2, -0.15) is 0 Å². The third kappa shape index (κ3) is 1.58. The summed E-state index contributed by atoms with van der Waals surface area (Å²) >= 11 is 0. The van der Waals surface area contributed by atoms with Gasteiger partial charge in [-0.15, -0.1) is 0 Å². The first-order chi connectivity index (χ1) is 7.41. The van der Waals surface area contributed by atoms with E-state index in [4.69, 9.17) is 9.52 Å². The van der Waals surface area contributed by atoms with Gasteiger partial charge in [0, 0.05) is 5.39 Å². The van der Waals surface area contributed by atoms with E-state index in [1.54, 1.807) is 19.9 Å². The molecule has 0 aliphatic rings. The van der Waals surface area contributed by atoms with Gasteiger partial charge in [0.15, 0.2) is 0 Å². The van der Waals surface area contributed by atoms with Crippen molar-refractivity contribution in [2.75, 3.05) is 0 Å². The van der Waals surface area contributed by atoms with E-state index in [-0.39, 0.29) is 0 Å². The van der Waals surface area contributed by atoms with E-state index in [2.05, 4.69) is 0 Å². The van der Waals surface area contributed by atoms with Crippen LogP contribution in [0.3, 0.4) is 0 Å². The Balaban J connectivity index is 2.58. The first-order valence-electron chi connectivity index (χ1n) is 5.15. The van der Waals surface area contributed by atoms with Gasteiger partial charge in [-0.1, -0.05) is 6.07 Å². The van der Waals surface area contributed by atoms with E-state index >= 15 is 0 Å². The first-order valence-corrected chi connectivity index (χ1v) is 5.15. The molecule has 3 nitrogen and oxygen atoms in total. The van der Waals surface area contributed by atoms with E-state index in [0.717, 1.165) is 22.3 Å². The molecule has 2 rings (SSSR count). The standard InChI is InChI=1S/C13H14O3/c1-8-6-9-7-10(4-5-11(9)16-8)13(2,3)12(14)15/h4-7H,1-3H3,(H,14,15). The lowest BCUT2D eigenvalue weighted by Crippen LogP contribution is -2.28. The molecule has 84 valence electrons. The normalized spacial score (nSPS) is 11.9. The molecule has 0 spiro atoms. The molecule has 0 aliphatic heterocycles. The van der Waals surface area contributed by atoms with Gasteiger partial charge in [-0.3, -0.25) is 4.79 Å². The third-order valence-corrected chi connectivity index (χ3v) is 2.90. The molecule has 1 N–H and O–H groups in total. The number of hydrogen-bond acceptors (Lipinski definition) is 2. The lowest BCUT2D eigenvalue weighted by molar-refractivity contribution is -0.142. The Morgan fingerprint density at radius 3 is 2.62 bits per heavy atom. The van der Waals surface area contributed by atoms with Gasteiger partial charge >= 0.3 is 5.97 Å². The maximum Gasteiger partial charge on any atom is 0.313 e. The number of aryl methyl sites for hydroxylation is 1. The number of carboxylic acid groups (broad SMARTS) is 1. The van der Waals surface area contributed by atoms with Crippen molar-refractivity contribution < 1.29 is 14.3 Å². The maximum absolute atomic E-state index is 11.1. The molecule has 16 heavy (non-hydrogen) atoms. The van der Waals surface area contributed by atoms with Crippen molar-refractivity contribution in [3.8, 4) is 0 Å². The summed E-state index contributed by atoms with van der Waals surface area (Å²) in [6.45, 7) is 5.27. The second-order valence-corrected chi connectivity index (χ2v) is 4.54. The Morgan fingerprint density at radius 1 is 1.31 bits per heavy atom. The van der Waals surface area contributed by atoms with Crippen LogP contribution in [0.1, 0.15) is 25.2 Å². The number of aliphatic carboxylic acids is 1. The summed E-state index contributed by atoms with van der Waals surface area (Å²) < 4.78 is 5.45. The minimum Gasteiger partial charge on any atom is -0.481 e. The van der Waals surface area contributed by atoms with Gasteiger partial charge in [0.25, 0.3) is 0 Å². The zero-order valence-electron chi connectivity index (χ0n) is 9.57. The van der Waals surface area contributed by atoms with Crippen molar-refractivity contribution in [1.82, 2.24) is 0 Å². The van der Waals surface area contributed by atoms with E-state index < -0.39 is 11.4 Å². The Bertz CT molecular complexity index is 549. The highest BCUT2D eigenvalue weighted by molar-refractivity contribution is 5.84. The van der Waals surface area contributed by atoms with Crippen LogP contribution in [-0.4, -0.2) is 11.1 Å². The Kier molecular flexibility index (Phi) is 2.26. The maximum atomic E-state index is 11.1. The minimum atomic E-state index is -0.876. The molecule has 3 heteroatoms. The summed E-state index contributed by atoms with van der Waals surface area (Å²) in [6.07, 6.45) is 0. The largest absolute Gasteiger partial charge is 0.481 e. The van der Waals surface area contributed by atoms with Crippen molar-refractivity contribution >= 4 is 16.9 Å². The topological polar surface area (TPSA) is 50.4 Å². The van der Waals surface area contributed by atoms with Crippen molar-refractivity contribution in [2.45, 2.75) is 26.2 Å². The number of benzene rings is 1. The van der Waals surface area contributed by atoms with Crippen LogP contribution < -0.4 is 0 Å². The van der Waals surface area contributed by atoms with Gasteiger partial charge in [-0.05, 0) is 44.5 Å². The van der Waals surface area contributed by atoms with Gasteiger partial charge in [0.2, 0.25) is 0 Å². The SMILES string of the molecule is Cc1cc2cc(C(C)(C)C(=O)O)ccc2o1. The third-order valence-electron chi connectivity index (χ3n) is 2.90. The summed E-state index contributed by atoms with van der Waals surface area (Å²) in [5.41, 5.74) is 0.704. The predicted octanol–water partition coefficient (Wildman–Crippen LogP) is 3.10. The quantitative estimate of drug-likeness (QED) is 0.842. The molecule has 0 saturated heterocycles. The monoisotopic (exact) mass is 218 g/mol. The molecule has 1 heterocycles. The van der Waals surface area contributed by atoms with Crippen LogP contribution >= 0.6 is 0 Å². The molecule has 0 fully saturated rings. The number of hydrogen-bond donors (Lipinski definition) is 1. The summed E-state index contributed by atoms with van der Waals surface area (Å²) in [4.78, 5) is 11.1. The molecule has 0 aliphatic carbocycles. The zero-order chi connectivity index (χ0) is 11.9. The van der Waals surface area contributed by atoms with Gasteiger partial charge in [0.05, 0.1) is 5.41 Å². The molecule has 0 amide bonds. The average molecular weight is 218 g/mol. The highest BCUT2D eigenvalue weighted by Crippen LogP contribution is 2.28. The summed E-state index contributed by atoms with van der Waals surface area (Å²) in [7, 11) is 0. The fraction of sp³-hybridized carbons (Fsp3) is 0.308. The Labute approximate surface area is 93.7 Å². The van der Waals surface area contributed by atoms with Crippen molar-refractivity contribution in [2.24, 2.45) is 0 Å². The molecule has 0 saturated carbocycles. The van der Waals surface area contributed by atoms with Gasteiger partial charge in [0.1, 0.15) is 11.3 Å². The van der Waals surface area contributed by atoms with Crippen molar-refractivity contribution in [1.29, 1.82) is 0 Å². The van der Waals surface area contributed by atoms with Crippen LogP contribution in [0, 0.1) is 6.92 Å². The van der Waals surface area contributed by atoms with Crippen LogP contribution in [0.15, 0.2) is 28.7 Å². The fourth-order valence-corrected chi connectivity index (χ4v) is 1.69. The number of fused-ring (bicyclic) bond motifs is 1. The Hall–Kier alpha value is -1.77. The predicted molar refractivity (Wildman–Crippen MR) is 61.6 cm³/mol. The number of rotatable bonds is 2. The highest BCUT2D eigenvalue weighted by atomic mass is 16.4. The zero-order valence-corrected chi connectivity index (χ0v) is 9.57. The molecule has 0 radical (unpaired) electrons. The smallest absolute Gasteiger partial charge is 0.313 e. The van der Waals surface area contributed by atoms with E-state index in [9.17, 15) is 4.79 Å². The number of carboxylic acids is 1. The summed E-state index contributed by atoms with van der Waals surface area (Å²) in [5.74, 6) is 0.00680. The molecule has 1 aromatic heterocycles. The fourth-order valence-electron chi connectivity index (χ4n) is 1.69. The summed E-state index contributed by atoms with van der Waals surface area (Å²) in [5, 5.41) is 10.1. The molecule has 0 atom stereocenters. The van der Waals surface area contributed by atoms with E-state index in [1.807, 2.05) is 25.1 Å². The van der Waals surface area contributed by atoms with Crippen molar-refractivity contribution in [3.63, 3.8) is 0 Å². The van der Waals surface area contributed by atoms with Crippen LogP contribution in [0.25, 0.3) is 11.0 Å². The van der Waals surface area contributed by atoms with Crippen LogP contribution in [0.2, 0.25) is 0 Å². The minimum absolute atomic E-state index is 0.785. The number of furan rings is 1. The van der Waals surface area contributed by atoms with Crippen LogP contribution in [0.4, 0.5) is 0 Å². The lowest BCUT2D eigenvalue weighted by atomic mass is 9.84. The number of carbonyl (C=O) groups is 1. The van der Waals surface area contributed by atoms with Gasteiger partial charge < -0.3 is 9.52 Å². The lowest BCUT2D eigenvalue weighted by Gasteiger charge is -2.19. The molecule has 2 aromatic rings.